The fourth-order valence-electron chi connectivity index (χ4n) is 4.77. The quantitative estimate of drug-likeness (QED) is 0.829. The molecule has 0 aliphatic heterocycles. The topological polar surface area (TPSA) is 29.1 Å². The van der Waals surface area contributed by atoms with Crippen molar-refractivity contribution < 1.29 is 13.6 Å². The van der Waals surface area contributed by atoms with Gasteiger partial charge in [0.05, 0.1) is 0 Å². The summed E-state index contributed by atoms with van der Waals surface area (Å²) in [6.07, 6.45) is 4.12. The zero-order chi connectivity index (χ0) is 16.3. The Labute approximate surface area is 132 Å². The van der Waals surface area contributed by atoms with Crippen LogP contribution in [0.15, 0.2) is 0 Å². The zero-order valence-electron chi connectivity index (χ0n) is 14.2. The van der Waals surface area contributed by atoms with Gasteiger partial charge in [-0.05, 0) is 49.4 Å². The molecule has 0 bridgehead atoms. The van der Waals surface area contributed by atoms with Crippen LogP contribution in [0.4, 0.5) is 8.78 Å². The third-order valence-corrected chi connectivity index (χ3v) is 6.69. The van der Waals surface area contributed by atoms with Gasteiger partial charge in [-0.2, -0.15) is 0 Å². The first-order valence-corrected chi connectivity index (χ1v) is 8.81. The fraction of sp³-hybridized carbons (Fsp3) is 0.944. The summed E-state index contributed by atoms with van der Waals surface area (Å²) < 4.78 is 26.5. The number of hydrogen-bond donors (Lipinski definition) is 1. The van der Waals surface area contributed by atoms with Crippen molar-refractivity contribution in [2.75, 3.05) is 0 Å². The maximum atomic E-state index is 13.3. The predicted octanol–water partition coefficient (Wildman–Crippen LogP) is 4.24. The van der Waals surface area contributed by atoms with Crippen LogP contribution in [0.3, 0.4) is 0 Å². The van der Waals surface area contributed by atoms with Crippen LogP contribution in [-0.2, 0) is 4.79 Å². The smallest absolute Gasteiger partial charge is 0.254 e. The summed E-state index contributed by atoms with van der Waals surface area (Å²) in [4.78, 5) is 12.7. The minimum absolute atomic E-state index is 0.0148. The first-order chi connectivity index (χ1) is 10.1. The number of carbonyl (C=O) groups is 1. The summed E-state index contributed by atoms with van der Waals surface area (Å²) >= 11 is 0. The molecule has 1 N–H and O–H groups in total. The zero-order valence-corrected chi connectivity index (χ0v) is 14.2. The van der Waals surface area contributed by atoms with Crippen molar-refractivity contribution in [3.63, 3.8) is 0 Å². The molecule has 22 heavy (non-hydrogen) atoms. The van der Waals surface area contributed by atoms with Crippen LogP contribution in [-0.4, -0.2) is 17.9 Å². The van der Waals surface area contributed by atoms with Crippen LogP contribution >= 0.6 is 0 Å². The van der Waals surface area contributed by atoms with Gasteiger partial charge < -0.3 is 5.32 Å². The Balaban J connectivity index is 1.59. The van der Waals surface area contributed by atoms with E-state index in [9.17, 15) is 13.6 Å². The number of amides is 1. The van der Waals surface area contributed by atoms with Crippen LogP contribution < -0.4 is 5.32 Å². The second kappa shape index (κ2) is 5.17. The molecule has 4 atom stereocenters. The Bertz CT molecular complexity index is 446. The van der Waals surface area contributed by atoms with Crippen molar-refractivity contribution in [2.24, 2.45) is 35.0 Å². The van der Waals surface area contributed by atoms with E-state index in [2.05, 4.69) is 33.0 Å². The third kappa shape index (κ3) is 2.67. The van der Waals surface area contributed by atoms with E-state index in [0.29, 0.717) is 24.7 Å². The number of carbonyl (C=O) groups excluding carboxylic acids is 1. The highest BCUT2D eigenvalue weighted by Gasteiger charge is 2.71. The first-order valence-electron chi connectivity index (χ1n) is 8.81. The highest BCUT2D eigenvalue weighted by molar-refractivity contribution is 5.80. The van der Waals surface area contributed by atoms with Crippen molar-refractivity contribution in [3.8, 4) is 0 Å². The van der Waals surface area contributed by atoms with Crippen molar-refractivity contribution in [2.45, 2.75) is 71.8 Å². The lowest BCUT2D eigenvalue weighted by Crippen LogP contribution is -2.47. The van der Waals surface area contributed by atoms with Gasteiger partial charge in [-0.3, -0.25) is 4.79 Å². The summed E-state index contributed by atoms with van der Waals surface area (Å²) in [6.45, 7) is 8.80. The molecule has 126 valence electrons. The van der Waals surface area contributed by atoms with E-state index in [0.717, 1.165) is 12.8 Å². The lowest BCUT2D eigenvalue weighted by molar-refractivity contribution is -0.132. The van der Waals surface area contributed by atoms with Gasteiger partial charge >= 0.3 is 0 Å². The van der Waals surface area contributed by atoms with Gasteiger partial charge in [0.2, 0.25) is 5.91 Å². The van der Waals surface area contributed by atoms with Gasteiger partial charge in [-0.1, -0.05) is 27.7 Å². The molecule has 3 aliphatic carbocycles. The molecular weight excluding hydrogens is 284 g/mol. The number of nitrogens with one attached hydrogen (secondary N) is 1. The molecule has 0 spiro atoms. The SMILES string of the molecule is CC(C)[C@@H]1CCC(C)(C)[C@@H](C(=O)NC2CC3C(C2)C3(F)F)C1. The van der Waals surface area contributed by atoms with Crippen LogP contribution in [0, 0.1) is 35.0 Å². The Morgan fingerprint density at radius 1 is 1.14 bits per heavy atom. The molecule has 3 rings (SSSR count). The number of hydrogen-bond acceptors (Lipinski definition) is 1. The van der Waals surface area contributed by atoms with E-state index in [-0.39, 0.29) is 23.3 Å². The highest BCUT2D eigenvalue weighted by atomic mass is 19.3. The van der Waals surface area contributed by atoms with Gasteiger partial charge in [0, 0.05) is 23.8 Å². The second-order valence-electron chi connectivity index (χ2n) is 8.88. The number of halogens is 2. The molecule has 0 aromatic rings. The summed E-state index contributed by atoms with van der Waals surface area (Å²) in [5.74, 6) is -2.07. The van der Waals surface area contributed by atoms with E-state index in [1.807, 2.05) is 0 Å². The van der Waals surface area contributed by atoms with Crippen LogP contribution in [0.5, 0.6) is 0 Å². The minimum Gasteiger partial charge on any atom is -0.353 e. The largest absolute Gasteiger partial charge is 0.353 e. The summed E-state index contributed by atoms with van der Waals surface area (Å²) in [5.41, 5.74) is 0.0148. The maximum absolute atomic E-state index is 13.3. The summed E-state index contributed by atoms with van der Waals surface area (Å²) in [6, 6.07) is -0.0302. The van der Waals surface area contributed by atoms with Gasteiger partial charge in [0.15, 0.2) is 0 Å². The fourth-order valence-corrected chi connectivity index (χ4v) is 4.77. The van der Waals surface area contributed by atoms with Gasteiger partial charge in [-0.15, -0.1) is 0 Å². The normalized spacial score (nSPS) is 42.0. The van der Waals surface area contributed by atoms with E-state index < -0.39 is 17.8 Å². The molecule has 0 aromatic carbocycles. The Morgan fingerprint density at radius 3 is 2.27 bits per heavy atom. The molecule has 2 unspecified atom stereocenters. The Hall–Kier alpha value is -0.670. The van der Waals surface area contributed by atoms with Crippen molar-refractivity contribution in [1.82, 2.24) is 5.32 Å². The molecule has 0 radical (unpaired) electrons. The van der Waals surface area contributed by atoms with Crippen molar-refractivity contribution in [3.05, 3.63) is 0 Å². The Kier molecular flexibility index (Phi) is 3.81. The molecule has 3 fully saturated rings. The molecule has 1 amide bonds. The maximum Gasteiger partial charge on any atom is 0.254 e. The average Bonchev–Trinajstić information content (AvgIpc) is 2.75. The molecular formula is C18H29F2NO. The lowest BCUT2D eigenvalue weighted by Gasteiger charge is -2.43. The molecule has 4 heteroatoms. The molecule has 0 heterocycles. The minimum atomic E-state index is -2.45. The average molecular weight is 313 g/mol. The highest BCUT2D eigenvalue weighted by Crippen LogP contribution is 2.64. The van der Waals surface area contributed by atoms with E-state index in [1.165, 1.54) is 6.42 Å². The van der Waals surface area contributed by atoms with Crippen LogP contribution in [0.2, 0.25) is 0 Å². The predicted molar refractivity (Wildman–Crippen MR) is 82.5 cm³/mol. The summed E-state index contributed by atoms with van der Waals surface area (Å²) in [7, 11) is 0. The standard InChI is InChI=1S/C18H29F2NO/c1-10(2)11-5-6-17(3,4)15(7-11)16(22)21-12-8-13-14(9-12)18(13,19)20/h10-15H,5-9H2,1-4H3,(H,21,22)/t11-,12?,13?,14?,15-/m1/s1. The van der Waals surface area contributed by atoms with Gasteiger partial charge in [-0.25, -0.2) is 8.78 Å². The third-order valence-electron chi connectivity index (χ3n) is 6.69. The molecule has 3 saturated carbocycles. The summed E-state index contributed by atoms with van der Waals surface area (Å²) in [5, 5.41) is 3.09. The van der Waals surface area contributed by atoms with E-state index in [1.54, 1.807) is 0 Å². The first kappa shape index (κ1) is 16.2. The van der Waals surface area contributed by atoms with Gasteiger partial charge in [0.1, 0.15) is 0 Å². The van der Waals surface area contributed by atoms with E-state index in [4.69, 9.17) is 0 Å². The monoisotopic (exact) mass is 313 g/mol. The van der Waals surface area contributed by atoms with E-state index >= 15 is 0 Å². The number of fused-ring (bicyclic) bond motifs is 1. The lowest BCUT2D eigenvalue weighted by atomic mass is 9.63. The number of rotatable bonds is 3. The molecule has 3 aliphatic rings. The van der Waals surface area contributed by atoms with Crippen LogP contribution in [0.1, 0.15) is 59.8 Å². The van der Waals surface area contributed by atoms with Gasteiger partial charge in [0.25, 0.3) is 5.92 Å². The second-order valence-corrected chi connectivity index (χ2v) is 8.88. The molecule has 0 saturated heterocycles. The van der Waals surface area contributed by atoms with Crippen molar-refractivity contribution >= 4 is 5.91 Å². The Morgan fingerprint density at radius 2 is 1.73 bits per heavy atom. The molecule has 0 aromatic heterocycles. The van der Waals surface area contributed by atoms with Crippen LogP contribution in [0.25, 0.3) is 0 Å². The van der Waals surface area contributed by atoms with Crippen molar-refractivity contribution in [1.29, 1.82) is 0 Å². The number of alkyl halides is 2. The molecule has 2 nitrogen and oxygen atoms in total.